The van der Waals surface area contributed by atoms with Gasteiger partial charge in [0.2, 0.25) is 0 Å². The first kappa shape index (κ1) is 7.92. The molecule has 50 valence electrons. The van der Waals surface area contributed by atoms with E-state index in [2.05, 4.69) is 14.1 Å². The topological polar surface area (TPSA) is 30.0 Å². The molecular weight excluding hydrogens is 102 g/mol. The van der Waals surface area contributed by atoms with Gasteiger partial charge in [0.25, 0.3) is 0 Å². The minimum Gasteiger partial charge on any atom is -0.870 e. The van der Waals surface area contributed by atoms with Crippen LogP contribution in [0.15, 0.2) is 0 Å². The normalized spacial score (nSPS) is 24.8. The fraction of sp³-hybridized carbons (Fsp3) is 1.00. The van der Waals surface area contributed by atoms with Gasteiger partial charge in [0.1, 0.15) is 0 Å². The predicted molar refractivity (Wildman–Crippen MR) is 33.0 cm³/mol. The summed E-state index contributed by atoms with van der Waals surface area (Å²) in [5.74, 6) is 0. The first-order valence-corrected chi connectivity index (χ1v) is 3.03. The van der Waals surface area contributed by atoms with Gasteiger partial charge in [0.05, 0.1) is 27.2 Å². The second-order valence-electron chi connectivity index (χ2n) is 3.09. The summed E-state index contributed by atoms with van der Waals surface area (Å²) in [5, 5.41) is 0. The van der Waals surface area contributed by atoms with Crippen molar-refractivity contribution in [2.75, 3.05) is 27.2 Å². The van der Waals surface area contributed by atoms with Crippen LogP contribution < -0.4 is 0 Å². The van der Waals surface area contributed by atoms with Crippen molar-refractivity contribution in [3.63, 3.8) is 0 Å². The van der Waals surface area contributed by atoms with Gasteiger partial charge in [0.15, 0.2) is 0 Å². The second-order valence-corrected chi connectivity index (χ2v) is 3.09. The summed E-state index contributed by atoms with van der Waals surface area (Å²) in [6, 6.07) is 0. The summed E-state index contributed by atoms with van der Waals surface area (Å²) in [6.45, 7) is 2.78. The molecule has 1 fully saturated rings. The molecule has 1 aliphatic rings. The third-order valence-electron chi connectivity index (χ3n) is 1.78. The molecule has 2 nitrogen and oxygen atoms in total. The zero-order valence-corrected chi connectivity index (χ0v) is 5.72. The van der Waals surface area contributed by atoms with Gasteiger partial charge >= 0.3 is 0 Å². The Labute approximate surface area is 51.0 Å². The Morgan fingerprint density at radius 3 is 1.50 bits per heavy atom. The van der Waals surface area contributed by atoms with Crippen molar-refractivity contribution in [1.29, 1.82) is 0 Å². The van der Waals surface area contributed by atoms with Crippen LogP contribution in [0.1, 0.15) is 12.8 Å². The largest absolute Gasteiger partial charge is 0.870 e. The van der Waals surface area contributed by atoms with E-state index in [0.29, 0.717) is 0 Å². The van der Waals surface area contributed by atoms with E-state index in [0.717, 1.165) is 0 Å². The van der Waals surface area contributed by atoms with Crippen molar-refractivity contribution < 1.29 is 9.96 Å². The molecule has 0 aromatic heterocycles. The van der Waals surface area contributed by atoms with Crippen molar-refractivity contribution >= 4 is 0 Å². The van der Waals surface area contributed by atoms with Gasteiger partial charge in [-0.1, -0.05) is 0 Å². The van der Waals surface area contributed by atoms with Crippen LogP contribution in [0, 0.1) is 0 Å². The molecule has 1 N–H and O–H groups in total. The lowest BCUT2D eigenvalue weighted by atomic mass is 10.4. The van der Waals surface area contributed by atoms with Crippen LogP contribution in [0.2, 0.25) is 0 Å². The number of hydrogen-bond donors (Lipinski definition) is 0. The van der Waals surface area contributed by atoms with Crippen molar-refractivity contribution in [3.8, 4) is 0 Å². The number of hydrogen-bond acceptors (Lipinski definition) is 1. The highest BCUT2D eigenvalue weighted by molar-refractivity contribution is 4.46. The number of quaternary nitrogens is 1. The van der Waals surface area contributed by atoms with Crippen LogP contribution in [-0.2, 0) is 0 Å². The maximum absolute atomic E-state index is 2.30. The summed E-state index contributed by atoms with van der Waals surface area (Å²) in [6.07, 6.45) is 2.88. The van der Waals surface area contributed by atoms with Crippen LogP contribution >= 0.6 is 0 Å². The molecule has 0 spiro atoms. The highest BCUT2D eigenvalue weighted by Crippen LogP contribution is 2.11. The van der Waals surface area contributed by atoms with Gasteiger partial charge in [-0.3, -0.25) is 0 Å². The number of likely N-dealkylation sites (tertiary alicyclic amines) is 1. The van der Waals surface area contributed by atoms with E-state index in [9.17, 15) is 0 Å². The van der Waals surface area contributed by atoms with Gasteiger partial charge < -0.3 is 9.96 Å². The average Bonchev–Trinajstić information content (AvgIpc) is 1.84. The van der Waals surface area contributed by atoms with Crippen LogP contribution in [0.5, 0.6) is 0 Å². The van der Waals surface area contributed by atoms with E-state index in [4.69, 9.17) is 0 Å². The Hall–Kier alpha value is -0.0800. The third-order valence-corrected chi connectivity index (χ3v) is 1.78. The summed E-state index contributed by atoms with van der Waals surface area (Å²) in [5.41, 5.74) is 0. The molecule has 1 rings (SSSR count). The quantitative estimate of drug-likeness (QED) is 0.429. The Bertz CT molecular complexity index is 62.9. The maximum Gasteiger partial charge on any atom is 0.0784 e. The molecule has 1 saturated heterocycles. The molecule has 0 bridgehead atoms. The standard InChI is InChI=1S/C6H14N.H2O/c1-7(2)5-3-4-6-7;/h3-6H2,1-2H3;1H2/q+1;/p-1. The lowest BCUT2D eigenvalue weighted by Crippen LogP contribution is -2.35. The van der Waals surface area contributed by atoms with Crippen molar-refractivity contribution in [3.05, 3.63) is 0 Å². The molecule has 1 heterocycles. The Kier molecular flexibility index (Phi) is 2.44. The van der Waals surface area contributed by atoms with Crippen molar-refractivity contribution in [2.45, 2.75) is 12.8 Å². The van der Waals surface area contributed by atoms with Gasteiger partial charge in [-0.2, -0.15) is 0 Å². The van der Waals surface area contributed by atoms with Gasteiger partial charge in [-0.15, -0.1) is 0 Å². The summed E-state index contributed by atoms with van der Waals surface area (Å²) in [7, 11) is 4.60. The minimum absolute atomic E-state index is 0. The number of rotatable bonds is 0. The van der Waals surface area contributed by atoms with E-state index in [1.165, 1.54) is 30.4 Å². The molecule has 8 heavy (non-hydrogen) atoms. The lowest BCUT2D eigenvalue weighted by Gasteiger charge is -2.21. The number of nitrogens with zero attached hydrogens (tertiary/aromatic N) is 1. The SMILES string of the molecule is C[N+]1(C)CCCC1.[OH-]. The van der Waals surface area contributed by atoms with Gasteiger partial charge in [0, 0.05) is 12.8 Å². The van der Waals surface area contributed by atoms with Crippen LogP contribution in [0.3, 0.4) is 0 Å². The fourth-order valence-corrected chi connectivity index (χ4v) is 1.19. The molecule has 0 radical (unpaired) electrons. The molecule has 0 saturated carbocycles. The second kappa shape index (κ2) is 2.46. The zero-order valence-electron chi connectivity index (χ0n) is 5.72. The van der Waals surface area contributed by atoms with E-state index in [1.54, 1.807) is 0 Å². The molecular formula is C6H15NO. The Balaban J connectivity index is 0.000000490. The summed E-state index contributed by atoms with van der Waals surface area (Å²) in [4.78, 5) is 0. The van der Waals surface area contributed by atoms with Crippen molar-refractivity contribution in [2.24, 2.45) is 0 Å². The monoisotopic (exact) mass is 117 g/mol. The van der Waals surface area contributed by atoms with Gasteiger partial charge in [-0.05, 0) is 0 Å². The minimum atomic E-state index is 0. The molecule has 2 heteroatoms. The maximum atomic E-state index is 2.30. The van der Waals surface area contributed by atoms with Crippen LogP contribution in [0.4, 0.5) is 0 Å². The third kappa shape index (κ3) is 1.80. The molecule has 0 aromatic rings. The highest BCUT2D eigenvalue weighted by Gasteiger charge is 2.19. The van der Waals surface area contributed by atoms with Crippen molar-refractivity contribution in [1.82, 2.24) is 0 Å². The van der Waals surface area contributed by atoms with Crippen LogP contribution in [-0.4, -0.2) is 37.1 Å². The summed E-state index contributed by atoms with van der Waals surface area (Å²) >= 11 is 0. The molecule has 0 amide bonds. The Morgan fingerprint density at radius 2 is 1.38 bits per heavy atom. The molecule has 0 aromatic carbocycles. The first-order valence-electron chi connectivity index (χ1n) is 3.03. The Morgan fingerprint density at radius 1 is 1.00 bits per heavy atom. The van der Waals surface area contributed by atoms with Crippen LogP contribution in [0.25, 0.3) is 0 Å². The smallest absolute Gasteiger partial charge is 0.0784 e. The zero-order chi connectivity index (χ0) is 5.33. The van der Waals surface area contributed by atoms with E-state index in [-0.39, 0.29) is 5.48 Å². The fourth-order valence-electron chi connectivity index (χ4n) is 1.19. The van der Waals surface area contributed by atoms with E-state index >= 15 is 0 Å². The highest BCUT2D eigenvalue weighted by atomic mass is 16.0. The molecule has 1 aliphatic heterocycles. The predicted octanol–water partition coefficient (Wildman–Crippen LogP) is 0.680. The summed E-state index contributed by atoms with van der Waals surface area (Å²) < 4.78 is 1.25. The van der Waals surface area contributed by atoms with E-state index < -0.39 is 0 Å². The molecule has 0 unspecified atom stereocenters. The lowest BCUT2D eigenvalue weighted by molar-refractivity contribution is -0.877. The van der Waals surface area contributed by atoms with Gasteiger partial charge in [-0.25, -0.2) is 0 Å². The van der Waals surface area contributed by atoms with E-state index in [1.807, 2.05) is 0 Å². The average molecular weight is 117 g/mol. The first-order chi connectivity index (χ1) is 3.21. The molecule has 0 atom stereocenters. The molecule has 0 aliphatic carbocycles.